The van der Waals surface area contributed by atoms with Crippen molar-refractivity contribution in [3.63, 3.8) is 0 Å². The minimum Gasteiger partial charge on any atom is -0.497 e. The standard InChI is InChI=1S/C18H19N3O2/c1-22-14-7-8-15(17(11-14)23-2)16-6-4-10-21(16)18-13(12-19)5-3-9-20-18/h3,5,7-9,11,16H,4,6,10H2,1-2H3. The molecule has 1 aliphatic rings. The number of rotatable bonds is 4. The van der Waals surface area contributed by atoms with E-state index in [0.717, 1.165) is 42.3 Å². The van der Waals surface area contributed by atoms with E-state index in [2.05, 4.69) is 16.0 Å². The molecule has 0 saturated carbocycles. The van der Waals surface area contributed by atoms with Gasteiger partial charge in [-0.15, -0.1) is 0 Å². The summed E-state index contributed by atoms with van der Waals surface area (Å²) in [6.45, 7) is 0.880. The summed E-state index contributed by atoms with van der Waals surface area (Å²) >= 11 is 0. The van der Waals surface area contributed by atoms with Gasteiger partial charge in [-0.2, -0.15) is 5.26 Å². The van der Waals surface area contributed by atoms with Crippen LogP contribution >= 0.6 is 0 Å². The van der Waals surface area contributed by atoms with Crippen LogP contribution in [0.2, 0.25) is 0 Å². The topological polar surface area (TPSA) is 58.4 Å². The fourth-order valence-corrected chi connectivity index (χ4v) is 3.15. The molecule has 1 unspecified atom stereocenters. The third kappa shape index (κ3) is 2.80. The average Bonchev–Trinajstić information content (AvgIpc) is 3.10. The zero-order valence-electron chi connectivity index (χ0n) is 13.3. The summed E-state index contributed by atoms with van der Waals surface area (Å²) < 4.78 is 10.8. The van der Waals surface area contributed by atoms with Crippen LogP contribution in [0.1, 0.15) is 30.0 Å². The van der Waals surface area contributed by atoms with Crippen molar-refractivity contribution in [2.24, 2.45) is 0 Å². The second-order valence-electron chi connectivity index (χ2n) is 5.45. The van der Waals surface area contributed by atoms with Crippen molar-refractivity contribution in [3.05, 3.63) is 47.7 Å². The number of hydrogen-bond acceptors (Lipinski definition) is 5. The minimum absolute atomic E-state index is 0.151. The molecule has 1 fully saturated rings. The number of nitriles is 1. The van der Waals surface area contributed by atoms with Crippen LogP contribution < -0.4 is 14.4 Å². The zero-order valence-corrected chi connectivity index (χ0v) is 13.3. The number of benzene rings is 1. The van der Waals surface area contributed by atoms with Gasteiger partial charge in [-0.25, -0.2) is 4.98 Å². The smallest absolute Gasteiger partial charge is 0.146 e. The van der Waals surface area contributed by atoms with Gasteiger partial charge >= 0.3 is 0 Å². The van der Waals surface area contributed by atoms with Gasteiger partial charge in [0.1, 0.15) is 23.4 Å². The lowest BCUT2D eigenvalue weighted by Crippen LogP contribution is -2.24. The van der Waals surface area contributed by atoms with Gasteiger partial charge in [0.2, 0.25) is 0 Å². The van der Waals surface area contributed by atoms with Crippen LogP contribution in [0.25, 0.3) is 0 Å². The third-order valence-electron chi connectivity index (χ3n) is 4.23. The summed E-state index contributed by atoms with van der Waals surface area (Å²) in [6, 6.07) is 11.9. The Morgan fingerprint density at radius 2 is 2.13 bits per heavy atom. The molecule has 5 nitrogen and oxygen atoms in total. The molecule has 0 radical (unpaired) electrons. The SMILES string of the molecule is COc1ccc(C2CCCN2c2ncccc2C#N)c(OC)c1. The second-order valence-corrected chi connectivity index (χ2v) is 5.45. The fraction of sp³-hybridized carbons (Fsp3) is 0.333. The number of nitrogens with zero attached hydrogens (tertiary/aromatic N) is 3. The van der Waals surface area contributed by atoms with E-state index in [4.69, 9.17) is 9.47 Å². The normalized spacial score (nSPS) is 16.9. The third-order valence-corrected chi connectivity index (χ3v) is 4.23. The maximum Gasteiger partial charge on any atom is 0.146 e. The number of hydrogen-bond donors (Lipinski definition) is 0. The summed E-state index contributed by atoms with van der Waals surface area (Å²) in [5, 5.41) is 9.35. The number of anilines is 1. The fourth-order valence-electron chi connectivity index (χ4n) is 3.15. The van der Waals surface area contributed by atoms with Gasteiger partial charge < -0.3 is 14.4 Å². The van der Waals surface area contributed by atoms with Crippen molar-refractivity contribution in [1.29, 1.82) is 5.26 Å². The monoisotopic (exact) mass is 309 g/mol. The molecule has 3 rings (SSSR count). The van der Waals surface area contributed by atoms with E-state index in [1.165, 1.54) is 0 Å². The highest BCUT2D eigenvalue weighted by atomic mass is 16.5. The van der Waals surface area contributed by atoms with Crippen molar-refractivity contribution >= 4 is 5.82 Å². The molecule has 2 heterocycles. The van der Waals surface area contributed by atoms with E-state index in [1.54, 1.807) is 26.5 Å². The molecule has 0 amide bonds. The van der Waals surface area contributed by atoms with Crippen LogP contribution in [0.3, 0.4) is 0 Å². The molecule has 0 spiro atoms. The van der Waals surface area contributed by atoms with Gasteiger partial charge in [0.25, 0.3) is 0 Å². The summed E-state index contributed by atoms with van der Waals surface area (Å²) in [7, 11) is 3.31. The summed E-state index contributed by atoms with van der Waals surface area (Å²) in [4.78, 5) is 6.63. The lowest BCUT2D eigenvalue weighted by Gasteiger charge is -2.28. The van der Waals surface area contributed by atoms with E-state index in [0.29, 0.717) is 5.56 Å². The molecule has 118 valence electrons. The molecule has 1 saturated heterocycles. The van der Waals surface area contributed by atoms with Crippen molar-refractivity contribution in [2.75, 3.05) is 25.7 Å². The highest BCUT2D eigenvalue weighted by molar-refractivity contribution is 5.57. The van der Waals surface area contributed by atoms with Crippen molar-refractivity contribution in [3.8, 4) is 17.6 Å². The van der Waals surface area contributed by atoms with Crippen LogP contribution in [0.4, 0.5) is 5.82 Å². The molecule has 0 bridgehead atoms. The number of pyridine rings is 1. The van der Waals surface area contributed by atoms with Crippen LogP contribution in [0, 0.1) is 11.3 Å². The summed E-state index contributed by atoms with van der Waals surface area (Å²) in [5.74, 6) is 2.32. The Morgan fingerprint density at radius 1 is 1.26 bits per heavy atom. The van der Waals surface area contributed by atoms with Crippen LogP contribution in [-0.2, 0) is 0 Å². The second kappa shape index (κ2) is 6.57. The number of ether oxygens (including phenoxy) is 2. The minimum atomic E-state index is 0.151. The average molecular weight is 309 g/mol. The maximum atomic E-state index is 9.35. The largest absolute Gasteiger partial charge is 0.497 e. The predicted molar refractivity (Wildman–Crippen MR) is 87.8 cm³/mol. The van der Waals surface area contributed by atoms with E-state index in [1.807, 2.05) is 24.3 Å². The predicted octanol–water partition coefficient (Wildman–Crippen LogP) is 3.31. The van der Waals surface area contributed by atoms with Gasteiger partial charge in [-0.05, 0) is 37.1 Å². The maximum absolute atomic E-state index is 9.35. The number of methoxy groups -OCH3 is 2. The Kier molecular flexibility index (Phi) is 4.33. The van der Waals surface area contributed by atoms with E-state index in [9.17, 15) is 5.26 Å². The molecular formula is C18H19N3O2. The first kappa shape index (κ1) is 15.2. The molecule has 1 aliphatic heterocycles. The molecule has 1 aromatic heterocycles. The van der Waals surface area contributed by atoms with Gasteiger partial charge in [0, 0.05) is 24.4 Å². The Morgan fingerprint density at radius 3 is 2.87 bits per heavy atom. The van der Waals surface area contributed by atoms with Crippen molar-refractivity contribution in [1.82, 2.24) is 4.98 Å². The van der Waals surface area contributed by atoms with Crippen molar-refractivity contribution in [2.45, 2.75) is 18.9 Å². The quantitative estimate of drug-likeness (QED) is 0.867. The Balaban J connectivity index is 2.01. The molecule has 1 aromatic carbocycles. The van der Waals surface area contributed by atoms with Gasteiger partial charge in [-0.1, -0.05) is 0 Å². The molecule has 5 heteroatoms. The highest BCUT2D eigenvalue weighted by Gasteiger charge is 2.30. The molecular weight excluding hydrogens is 290 g/mol. The lowest BCUT2D eigenvalue weighted by atomic mass is 10.0. The summed E-state index contributed by atoms with van der Waals surface area (Å²) in [5.41, 5.74) is 1.70. The molecule has 23 heavy (non-hydrogen) atoms. The highest BCUT2D eigenvalue weighted by Crippen LogP contribution is 2.41. The van der Waals surface area contributed by atoms with E-state index in [-0.39, 0.29) is 6.04 Å². The van der Waals surface area contributed by atoms with Gasteiger partial charge in [0.15, 0.2) is 0 Å². The Labute approximate surface area is 136 Å². The first-order valence-electron chi connectivity index (χ1n) is 7.62. The summed E-state index contributed by atoms with van der Waals surface area (Å²) in [6.07, 6.45) is 3.79. The van der Waals surface area contributed by atoms with Crippen LogP contribution in [0.5, 0.6) is 11.5 Å². The van der Waals surface area contributed by atoms with Crippen LogP contribution in [-0.4, -0.2) is 25.7 Å². The number of aromatic nitrogens is 1. The van der Waals surface area contributed by atoms with E-state index >= 15 is 0 Å². The zero-order chi connectivity index (χ0) is 16.2. The Bertz CT molecular complexity index is 739. The van der Waals surface area contributed by atoms with Gasteiger partial charge in [0.05, 0.1) is 25.8 Å². The molecule has 0 aliphatic carbocycles. The van der Waals surface area contributed by atoms with Crippen molar-refractivity contribution < 1.29 is 9.47 Å². The lowest BCUT2D eigenvalue weighted by molar-refractivity contribution is 0.388. The first-order valence-corrected chi connectivity index (χ1v) is 7.62. The molecule has 1 atom stereocenters. The molecule has 0 N–H and O–H groups in total. The van der Waals surface area contributed by atoms with E-state index < -0.39 is 0 Å². The Hall–Kier alpha value is -2.74. The van der Waals surface area contributed by atoms with Crippen LogP contribution in [0.15, 0.2) is 36.5 Å². The first-order chi connectivity index (χ1) is 11.3. The van der Waals surface area contributed by atoms with Gasteiger partial charge in [-0.3, -0.25) is 0 Å². The molecule has 2 aromatic rings.